The van der Waals surface area contributed by atoms with Gasteiger partial charge in [-0.15, -0.1) is 0 Å². The molecule has 0 radical (unpaired) electrons. The minimum absolute atomic E-state index is 0.788. The molecule has 1 rings (SSSR count). The van der Waals surface area contributed by atoms with Crippen LogP contribution in [0.25, 0.3) is 0 Å². The summed E-state index contributed by atoms with van der Waals surface area (Å²) in [5.41, 5.74) is 1.93. The summed E-state index contributed by atoms with van der Waals surface area (Å²) in [5.74, 6) is 0. The van der Waals surface area contributed by atoms with Crippen LogP contribution in [0.15, 0.2) is 23.4 Å². The summed E-state index contributed by atoms with van der Waals surface area (Å²) in [6.45, 7) is 2.84. The molecule has 0 saturated carbocycles. The molecule has 2 heteroatoms. The summed E-state index contributed by atoms with van der Waals surface area (Å²) >= 11 is 0. The second-order valence-corrected chi connectivity index (χ2v) is 2.49. The quantitative estimate of drug-likeness (QED) is 0.502. The number of nitrogens with zero attached hydrogens (tertiary/aromatic N) is 1. The average molecular weight is 137 g/mol. The van der Waals surface area contributed by atoms with Gasteiger partial charge in [0, 0.05) is 24.9 Å². The van der Waals surface area contributed by atoms with Gasteiger partial charge in [-0.05, 0) is 13.0 Å². The third-order valence-electron chi connectivity index (χ3n) is 1.71. The van der Waals surface area contributed by atoms with E-state index in [1.165, 1.54) is 0 Å². The van der Waals surface area contributed by atoms with Crippen molar-refractivity contribution in [2.24, 2.45) is 0 Å². The van der Waals surface area contributed by atoms with E-state index < -0.39 is 0 Å². The summed E-state index contributed by atoms with van der Waals surface area (Å²) < 4.78 is 0. The first kappa shape index (κ1) is 7.06. The Morgan fingerprint density at radius 2 is 2.40 bits per heavy atom. The molecule has 0 aromatic carbocycles. The van der Waals surface area contributed by atoms with Gasteiger partial charge in [-0.2, -0.15) is 0 Å². The molecular weight excluding hydrogens is 126 g/mol. The largest absolute Gasteiger partial charge is 0.374 e. The first-order chi connectivity index (χ1) is 4.74. The minimum atomic E-state index is 0.788. The summed E-state index contributed by atoms with van der Waals surface area (Å²) in [5, 5.41) is 0. The molecule has 1 heterocycles. The van der Waals surface area contributed by atoms with Crippen molar-refractivity contribution in [3.63, 3.8) is 0 Å². The Morgan fingerprint density at radius 1 is 1.70 bits per heavy atom. The van der Waals surface area contributed by atoms with Crippen LogP contribution < -0.4 is 0 Å². The molecule has 0 fully saturated rings. The Bertz CT molecular complexity index is 203. The fourth-order valence-corrected chi connectivity index (χ4v) is 0.879. The van der Waals surface area contributed by atoms with Gasteiger partial charge in [0.15, 0.2) is 0 Å². The minimum Gasteiger partial charge on any atom is -0.374 e. The first-order valence-electron chi connectivity index (χ1n) is 3.29. The number of carbonyl (C=O) groups is 1. The Balaban J connectivity index is 2.78. The van der Waals surface area contributed by atoms with Crippen molar-refractivity contribution in [3.05, 3.63) is 23.4 Å². The number of aldehydes is 1. The third kappa shape index (κ3) is 1.26. The Hall–Kier alpha value is -1.05. The predicted octanol–water partition coefficient (Wildman–Crippen LogP) is 0.961. The molecule has 10 heavy (non-hydrogen) atoms. The number of carbonyl (C=O) groups excluding carboxylic acids is 1. The van der Waals surface area contributed by atoms with Crippen LogP contribution in [0.5, 0.6) is 0 Å². The van der Waals surface area contributed by atoms with Crippen LogP contribution in [0, 0.1) is 0 Å². The molecule has 0 spiro atoms. The molecule has 0 unspecified atom stereocenters. The van der Waals surface area contributed by atoms with E-state index in [2.05, 4.69) is 4.90 Å². The first-order valence-corrected chi connectivity index (χ1v) is 3.29. The molecule has 2 nitrogen and oxygen atoms in total. The zero-order chi connectivity index (χ0) is 7.56. The van der Waals surface area contributed by atoms with Crippen molar-refractivity contribution in [1.82, 2.24) is 4.90 Å². The number of hydrogen-bond donors (Lipinski definition) is 0. The van der Waals surface area contributed by atoms with E-state index in [4.69, 9.17) is 0 Å². The van der Waals surface area contributed by atoms with E-state index in [1.807, 2.05) is 26.1 Å². The van der Waals surface area contributed by atoms with E-state index >= 15 is 0 Å². The van der Waals surface area contributed by atoms with Crippen LogP contribution >= 0.6 is 0 Å². The van der Waals surface area contributed by atoms with Crippen molar-refractivity contribution in [2.75, 3.05) is 13.6 Å². The van der Waals surface area contributed by atoms with E-state index in [9.17, 15) is 4.79 Å². The van der Waals surface area contributed by atoms with Gasteiger partial charge in [0.25, 0.3) is 0 Å². The molecule has 0 saturated heterocycles. The highest BCUT2D eigenvalue weighted by atomic mass is 16.1. The monoisotopic (exact) mass is 137 g/mol. The SMILES string of the molecule is CC1=CC(C=O)=CCN1C. The van der Waals surface area contributed by atoms with Crippen molar-refractivity contribution < 1.29 is 4.79 Å². The third-order valence-corrected chi connectivity index (χ3v) is 1.71. The standard InChI is InChI=1S/C8H11NO/c1-7-5-8(6-10)3-4-9(7)2/h3,5-6H,4H2,1-2H3. The lowest BCUT2D eigenvalue weighted by atomic mass is 10.1. The lowest BCUT2D eigenvalue weighted by Crippen LogP contribution is -2.19. The van der Waals surface area contributed by atoms with Gasteiger partial charge in [-0.1, -0.05) is 6.08 Å². The molecule has 0 atom stereocenters. The molecular formula is C8H11NO. The highest BCUT2D eigenvalue weighted by molar-refractivity contribution is 5.78. The lowest BCUT2D eigenvalue weighted by molar-refractivity contribution is -0.104. The number of likely N-dealkylation sites (N-methyl/N-ethyl adjacent to an activating group) is 1. The number of hydrogen-bond acceptors (Lipinski definition) is 2. The maximum Gasteiger partial charge on any atom is 0.149 e. The van der Waals surface area contributed by atoms with Crippen LogP contribution in [0.4, 0.5) is 0 Å². The Labute approximate surface area is 60.8 Å². The van der Waals surface area contributed by atoms with Crippen LogP contribution in [0.1, 0.15) is 6.92 Å². The molecule has 0 aliphatic carbocycles. The van der Waals surface area contributed by atoms with E-state index in [0.29, 0.717) is 0 Å². The van der Waals surface area contributed by atoms with Gasteiger partial charge in [-0.25, -0.2) is 0 Å². The zero-order valence-electron chi connectivity index (χ0n) is 6.29. The molecule has 0 N–H and O–H groups in total. The van der Waals surface area contributed by atoms with Crippen molar-refractivity contribution >= 4 is 6.29 Å². The molecule has 1 aliphatic rings. The second-order valence-electron chi connectivity index (χ2n) is 2.49. The molecule has 54 valence electrons. The average Bonchev–Trinajstić information content (AvgIpc) is 1.95. The molecule has 0 amide bonds. The van der Waals surface area contributed by atoms with Gasteiger partial charge in [0.1, 0.15) is 6.29 Å². The summed E-state index contributed by atoms with van der Waals surface area (Å²) in [4.78, 5) is 12.4. The van der Waals surface area contributed by atoms with E-state index in [0.717, 1.165) is 24.1 Å². The van der Waals surface area contributed by atoms with Crippen LogP contribution in [0.3, 0.4) is 0 Å². The molecule has 0 aromatic rings. The number of rotatable bonds is 1. The Kier molecular flexibility index (Phi) is 1.90. The van der Waals surface area contributed by atoms with Crippen molar-refractivity contribution in [3.8, 4) is 0 Å². The van der Waals surface area contributed by atoms with Crippen LogP contribution in [-0.2, 0) is 4.79 Å². The van der Waals surface area contributed by atoms with Gasteiger partial charge in [-0.3, -0.25) is 4.79 Å². The predicted molar refractivity (Wildman–Crippen MR) is 40.5 cm³/mol. The highest BCUT2D eigenvalue weighted by Gasteiger charge is 2.03. The highest BCUT2D eigenvalue weighted by Crippen LogP contribution is 2.09. The lowest BCUT2D eigenvalue weighted by Gasteiger charge is -2.21. The molecule has 0 bridgehead atoms. The van der Waals surface area contributed by atoms with Crippen molar-refractivity contribution in [1.29, 1.82) is 0 Å². The summed E-state index contributed by atoms with van der Waals surface area (Å²) in [6, 6.07) is 0. The smallest absolute Gasteiger partial charge is 0.149 e. The van der Waals surface area contributed by atoms with Crippen LogP contribution in [-0.4, -0.2) is 24.8 Å². The Morgan fingerprint density at radius 3 is 2.90 bits per heavy atom. The van der Waals surface area contributed by atoms with Gasteiger partial charge in [0.2, 0.25) is 0 Å². The van der Waals surface area contributed by atoms with Gasteiger partial charge in [0.05, 0.1) is 0 Å². The zero-order valence-corrected chi connectivity index (χ0v) is 6.29. The van der Waals surface area contributed by atoms with Crippen LogP contribution in [0.2, 0.25) is 0 Å². The maximum absolute atomic E-state index is 10.3. The van der Waals surface area contributed by atoms with E-state index in [1.54, 1.807) is 0 Å². The topological polar surface area (TPSA) is 20.3 Å². The number of allylic oxidation sites excluding steroid dienone is 3. The van der Waals surface area contributed by atoms with Gasteiger partial charge < -0.3 is 4.90 Å². The normalized spacial score (nSPS) is 18.0. The fourth-order valence-electron chi connectivity index (χ4n) is 0.879. The molecule has 0 aromatic heterocycles. The summed E-state index contributed by atoms with van der Waals surface area (Å²) in [6.07, 6.45) is 4.69. The summed E-state index contributed by atoms with van der Waals surface area (Å²) in [7, 11) is 2.00. The van der Waals surface area contributed by atoms with Gasteiger partial charge >= 0.3 is 0 Å². The molecule has 1 aliphatic heterocycles. The van der Waals surface area contributed by atoms with Crippen molar-refractivity contribution in [2.45, 2.75) is 6.92 Å². The maximum atomic E-state index is 10.3. The van der Waals surface area contributed by atoms with E-state index in [-0.39, 0.29) is 0 Å². The second kappa shape index (κ2) is 2.69. The fraction of sp³-hybridized carbons (Fsp3) is 0.375.